The van der Waals surface area contributed by atoms with Crippen LogP contribution in [0.25, 0.3) is 0 Å². The highest BCUT2D eigenvalue weighted by Gasteiger charge is 2.37. The molecule has 1 fully saturated rings. The Morgan fingerprint density at radius 1 is 1.30 bits per heavy atom. The van der Waals surface area contributed by atoms with E-state index in [9.17, 15) is 23.1 Å². The number of aliphatic hydroxyl groups is 1. The van der Waals surface area contributed by atoms with E-state index in [4.69, 9.17) is 10.1 Å². The first-order valence-electron chi connectivity index (χ1n) is 10.2. The molecule has 3 rings (SSSR count). The number of hydrogen-bond acceptors (Lipinski definition) is 6. The van der Waals surface area contributed by atoms with Gasteiger partial charge in [-0.05, 0) is 50.7 Å². The summed E-state index contributed by atoms with van der Waals surface area (Å²) < 4.78 is 44.0. The van der Waals surface area contributed by atoms with Gasteiger partial charge in [-0.1, -0.05) is 0 Å². The van der Waals surface area contributed by atoms with Crippen LogP contribution in [-0.2, 0) is 10.9 Å². The summed E-state index contributed by atoms with van der Waals surface area (Å²) in [6.45, 7) is 3.57. The predicted octanol–water partition coefficient (Wildman–Crippen LogP) is 4.03. The zero-order valence-corrected chi connectivity index (χ0v) is 18.4. The molecule has 0 saturated heterocycles. The molecule has 2 aliphatic rings. The van der Waals surface area contributed by atoms with Crippen molar-refractivity contribution < 1.29 is 27.8 Å². The van der Waals surface area contributed by atoms with Crippen LogP contribution < -0.4 is 5.32 Å². The maximum absolute atomic E-state index is 12.9. The van der Waals surface area contributed by atoms with E-state index >= 15 is 0 Å². The van der Waals surface area contributed by atoms with Gasteiger partial charge in [-0.25, -0.2) is 0 Å². The summed E-state index contributed by atoms with van der Waals surface area (Å²) in [5, 5.41) is 20.7. The Labute approximate surface area is 189 Å². The lowest BCUT2D eigenvalue weighted by atomic mass is 9.68. The molecule has 1 amide bonds. The van der Waals surface area contributed by atoms with E-state index in [0.29, 0.717) is 17.8 Å². The van der Waals surface area contributed by atoms with Crippen molar-refractivity contribution in [3.63, 3.8) is 0 Å². The highest BCUT2D eigenvalue weighted by Crippen LogP contribution is 2.39. The molecule has 10 heteroatoms. The minimum absolute atomic E-state index is 0.103. The quantitative estimate of drug-likeness (QED) is 0.555. The minimum Gasteiger partial charge on any atom is -0.494 e. The first-order chi connectivity index (χ1) is 15.4. The van der Waals surface area contributed by atoms with Crippen LogP contribution in [0.4, 0.5) is 13.2 Å². The van der Waals surface area contributed by atoms with Crippen LogP contribution in [0, 0.1) is 17.2 Å². The third-order valence-electron chi connectivity index (χ3n) is 5.63. The molecule has 176 valence electrons. The number of aromatic nitrogens is 1. The molecule has 0 bridgehead atoms. The van der Waals surface area contributed by atoms with Crippen LogP contribution >= 0.6 is 0 Å². The molecule has 1 aromatic heterocycles. The van der Waals surface area contributed by atoms with E-state index in [1.165, 1.54) is 25.5 Å². The second-order valence-electron chi connectivity index (χ2n) is 8.56. The van der Waals surface area contributed by atoms with Crippen LogP contribution in [0.3, 0.4) is 0 Å². The number of methoxy groups -OCH3 is 1. The predicted molar refractivity (Wildman–Crippen MR) is 117 cm³/mol. The molecular formula is C23H25F3N4O3. The molecule has 1 heterocycles. The van der Waals surface area contributed by atoms with Gasteiger partial charge in [-0.15, -0.1) is 0 Å². The van der Waals surface area contributed by atoms with Crippen molar-refractivity contribution in [3.05, 3.63) is 65.0 Å². The van der Waals surface area contributed by atoms with Gasteiger partial charge < -0.3 is 20.6 Å². The lowest BCUT2D eigenvalue weighted by Crippen LogP contribution is -2.40. The van der Waals surface area contributed by atoms with E-state index < -0.39 is 23.2 Å². The summed E-state index contributed by atoms with van der Waals surface area (Å²) in [4.78, 5) is 20.3. The van der Waals surface area contributed by atoms with Crippen molar-refractivity contribution in [2.45, 2.75) is 38.5 Å². The Morgan fingerprint density at radius 2 is 2.00 bits per heavy atom. The molecule has 0 aromatic carbocycles. The summed E-state index contributed by atoms with van der Waals surface area (Å²) in [6.07, 6.45) is 4.79. The third kappa shape index (κ3) is 5.95. The Morgan fingerprint density at radius 3 is 2.61 bits per heavy atom. The van der Waals surface area contributed by atoms with Crippen molar-refractivity contribution >= 4 is 17.8 Å². The molecule has 2 aliphatic carbocycles. The topological polar surface area (TPSA) is 108 Å². The fourth-order valence-electron chi connectivity index (χ4n) is 3.49. The number of rotatable bonds is 6. The van der Waals surface area contributed by atoms with Crippen LogP contribution in [0.5, 0.6) is 0 Å². The molecule has 0 spiro atoms. The zero-order chi connectivity index (χ0) is 24.4. The number of ether oxygens (including phenoxy) is 1. The number of pyridine rings is 1. The smallest absolute Gasteiger partial charge is 0.417 e. The van der Waals surface area contributed by atoms with E-state index in [1.807, 2.05) is 0 Å². The summed E-state index contributed by atoms with van der Waals surface area (Å²) in [6, 6.07) is 0.713. The standard InChI is InChI=1S/C23H25F3N4O3/c1-22(2,32)16-4-13(5-16)9-28-10-14-7-19(20(33-3)8-18(14)27)30-21(31)15-6-17(12-29-11-15)23(24,25)26/h6-13,16,27,32H,4-5H2,1-3H3,(H,30,31)/b14-10-,27-18?,28-9-. The number of carbonyl (C=O) groups excluding carboxylic acids is 1. The van der Waals surface area contributed by atoms with Gasteiger partial charge in [0.1, 0.15) is 5.76 Å². The monoisotopic (exact) mass is 462 g/mol. The molecule has 0 unspecified atom stereocenters. The Balaban J connectivity index is 1.74. The van der Waals surface area contributed by atoms with Gasteiger partial charge in [0.2, 0.25) is 0 Å². The van der Waals surface area contributed by atoms with Gasteiger partial charge in [0, 0.05) is 36.5 Å². The van der Waals surface area contributed by atoms with Crippen LogP contribution in [0.2, 0.25) is 0 Å². The normalized spacial score (nSPS) is 22.6. The SMILES string of the molecule is COC1=CC(=N)/C(=C\N=C/C2CC(C(C)(C)O)C2)C=C1NC(=O)c1cncc(C(F)(F)F)c1. The third-order valence-corrected chi connectivity index (χ3v) is 5.63. The van der Waals surface area contributed by atoms with Crippen molar-refractivity contribution in [3.8, 4) is 0 Å². The number of allylic oxidation sites excluding steroid dienone is 3. The van der Waals surface area contributed by atoms with E-state index in [2.05, 4.69) is 15.3 Å². The maximum Gasteiger partial charge on any atom is 0.417 e. The molecule has 0 radical (unpaired) electrons. The minimum atomic E-state index is -4.62. The molecule has 0 aliphatic heterocycles. The van der Waals surface area contributed by atoms with Crippen LogP contribution in [0.15, 0.2) is 58.8 Å². The van der Waals surface area contributed by atoms with Gasteiger partial charge in [-0.3, -0.25) is 14.8 Å². The second kappa shape index (κ2) is 9.30. The average Bonchev–Trinajstić information content (AvgIpc) is 2.69. The van der Waals surface area contributed by atoms with Gasteiger partial charge in [0.15, 0.2) is 0 Å². The largest absolute Gasteiger partial charge is 0.494 e. The number of halogens is 3. The fraction of sp³-hybridized carbons (Fsp3) is 0.391. The molecular weight excluding hydrogens is 437 g/mol. The van der Waals surface area contributed by atoms with E-state index in [0.717, 1.165) is 19.0 Å². The molecule has 3 N–H and O–H groups in total. The number of aliphatic imine (C=N–C) groups is 1. The van der Waals surface area contributed by atoms with Gasteiger partial charge >= 0.3 is 6.18 Å². The second-order valence-corrected chi connectivity index (χ2v) is 8.56. The Kier molecular flexibility index (Phi) is 6.87. The molecule has 33 heavy (non-hydrogen) atoms. The number of nitrogens with one attached hydrogen (secondary N) is 2. The van der Waals surface area contributed by atoms with Crippen molar-refractivity contribution in [2.75, 3.05) is 7.11 Å². The highest BCUT2D eigenvalue weighted by molar-refractivity contribution is 6.10. The molecule has 1 aromatic rings. The highest BCUT2D eigenvalue weighted by atomic mass is 19.4. The van der Waals surface area contributed by atoms with Crippen LogP contribution in [-0.4, -0.2) is 40.6 Å². The number of carbonyl (C=O) groups is 1. The summed E-state index contributed by atoms with van der Waals surface area (Å²) >= 11 is 0. The molecule has 7 nitrogen and oxygen atoms in total. The lowest BCUT2D eigenvalue weighted by molar-refractivity contribution is -0.137. The summed E-state index contributed by atoms with van der Waals surface area (Å²) in [5.41, 5.74) is -1.34. The summed E-state index contributed by atoms with van der Waals surface area (Å²) in [5.74, 6) is -0.167. The average molecular weight is 462 g/mol. The molecule has 1 saturated carbocycles. The van der Waals surface area contributed by atoms with E-state index in [-0.39, 0.29) is 34.6 Å². The first kappa shape index (κ1) is 24.4. The summed E-state index contributed by atoms with van der Waals surface area (Å²) in [7, 11) is 1.35. The Bertz CT molecular complexity index is 1060. The van der Waals surface area contributed by atoms with Gasteiger partial charge in [-0.2, -0.15) is 13.2 Å². The van der Waals surface area contributed by atoms with Crippen LogP contribution in [0.1, 0.15) is 42.6 Å². The zero-order valence-electron chi connectivity index (χ0n) is 18.4. The van der Waals surface area contributed by atoms with Crippen molar-refractivity contribution in [2.24, 2.45) is 16.8 Å². The van der Waals surface area contributed by atoms with E-state index in [1.54, 1.807) is 20.1 Å². The molecule has 0 atom stereocenters. The van der Waals surface area contributed by atoms with Crippen molar-refractivity contribution in [1.82, 2.24) is 10.3 Å². The van der Waals surface area contributed by atoms with Gasteiger partial charge in [0.25, 0.3) is 5.91 Å². The number of alkyl halides is 3. The van der Waals surface area contributed by atoms with Crippen molar-refractivity contribution in [1.29, 1.82) is 5.41 Å². The number of hydrogen-bond donors (Lipinski definition) is 3. The lowest BCUT2D eigenvalue weighted by Gasteiger charge is -2.40. The Hall–Kier alpha value is -3.27. The fourth-order valence-corrected chi connectivity index (χ4v) is 3.49. The van der Waals surface area contributed by atoms with Gasteiger partial charge in [0.05, 0.1) is 35.2 Å². The maximum atomic E-state index is 12.9. The first-order valence-corrected chi connectivity index (χ1v) is 10.2. The number of nitrogens with zero attached hydrogens (tertiary/aromatic N) is 2. The number of amides is 1.